The summed E-state index contributed by atoms with van der Waals surface area (Å²) in [5.74, 6) is 0.657. The molecule has 7 heteroatoms. The molecule has 2 rings (SSSR count). The van der Waals surface area contributed by atoms with Gasteiger partial charge in [0.25, 0.3) is 5.56 Å². The van der Waals surface area contributed by atoms with Gasteiger partial charge in [0.15, 0.2) is 5.82 Å². The summed E-state index contributed by atoms with van der Waals surface area (Å²) in [6.07, 6.45) is 0. The predicted molar refractivity (Wildman–Crippen MR) is 73.1 cm³/mol. The van der Waals surface area contributed by atoms with E-state index in [2.05, 4.69) is 31.4 Å². The highest BCUT2D eigenvalue weighted by molar-refractivity contribution is 9.10. The molecule has 0 amide bonds. The van der Waals surface area contributed by atoms with Crippen molar-refractivity contribution in [1.82, 2.24) is 19.6 Å². The number of nitrogens with zero attached hydrogens (tertiary/aromatic N) is 4. The molecule has 2 aromatic rings. The minimum Gasteiger partial charge on any atom is -0.334 e. The van der Waals surface area contributed by atoms with E-state index in [9.17, 15) is 4.79 Å². The van der Waals surface area contributed by atoms with Crippen LogP contribution in [0.2, 0.25) is 0 Å². The summed E-state index contributed by atoms with van der Waals surface area (Å²) in [4.78, 5) is 11.9. The average Bonchev–Trinajstić information content (AvgIpc) is 2.65. The number of hydrogen-bond acceptors (Lipinski definition) is 4. The molecule has 1 N–H and O–H groups in total. The summed E-state index contributed by atoms with van der Waals surface area (Å²) in [5, 5.41) is 11.3. The number of aromatic nitrogens is 4. The Balaban J connectivity index is 2.36. The smallest absolute Gasteiger partial charge is 0.290 e. The predicted octanol–water partition coefficient (Wildman–Crippen LogP) is 1.81. The number of hydrogen-bond donors (Lipinski definition) is 1. The second-order valence-electron chi connectivity index (χ2n) is 3.92. The van der Waals surface area contributed by atoms with Crippen molar-refractivity contribution in [2.45, 2.75) is 20.4 Å². The Morgan fingerprint density at radius 2 is 2.11 bits per heavy atom. The Hall–Kier alpha value is -1.63. The summed E-state index contributed by atoms with van der Waals surface area (Å²) in [7, 11) is 1.61. The van der Waals surface area contributed by atoms with Crippen LogP contribution >= 0.6 is 15.9 Å². The first kappa shape index (κ1) is 12.8. The summed E-state index contributed by atoms with van der Waals surface area (Å²) in [6.45, 7) is 4.79. The molecule has 96 valence electrons. The molecular formula is C11H14BrN5O. The lowest BCUT2D eigenvalue weighted by atomic mass is 10.4. The Bertz CT molecular complexity index is 631. The molecule has 0 fully saturated rings. The zero-order valence-corrected chi connectivity index (χ0v) is 12.0. The molecule has 2 aromatic heterocycles. The van der Waals surface area contributed by atoms with Crippen LogP contribution in [-0.2, 0) is 13.6 Å². The minimum absolute atomic E-state index is 0.193. The molecule has 0 aliphatic heterocycles. The average molecular weight is 312 g/mol. The highest BCUT2D eigenvalue weighted by atomic mass is 79.9. The monoisotopic (exact) mass is 311 g/mol. The van der Waals surface area contributed by atoms with E-state index in [1.165, 1.54) is 4.68 Å². The first-order valence-corrected chi connectivity index (χ1v) is 6.36. The Kier molecular flexibility index (Phi) is 3.51. The van der Waals surface area contributed by atoms with Crippen LogP contribution in [0, 0.1) is 6.92 Å². The van der Waals surface area contributed by atoms with Gasteiger partial charge in [-0.05, 0) is 29.8 Å². The highest BCUT2D eigenvalue weighted by Gasteiger charge is 2.08. The molecule has 6 nitrogen and oxygen atoms in total. The zero-order valence-electron chi connectivity index (χ0n) is 10.4. The normalized spacial score (nSPS) is 10.7. The van der Waals surface area contributed by atoms with Crippen LogP contribution in [0.3, 0.4) is 0 Å². The van der Waals surface area contributed by atoms with Crippen molar-refractivity contribution in [2.75, 3.05) is 5.32 Å². The molecule has 0 spiro atoms. The molecule has 0 aliphatic carbocycles. The van der Waals surface area contributed by atoms with Crippen molar-refractivity contribution < 1.29 is 0 Å². The molecule has 0 saturated carbocycles. The lowest BCUT2D eigenvalue weighted by molar-refractivity contribution is 0.642. The zero-order chi connectivity index (χ0) is 13.3. The van der Waals surface area contributed by atoms with Crippen LogP contribution in [0.4, 0.5) is 11.5 Å². The van der Waals surface area contributed by atoms with E-state index in [0.29, 0.717) is 16.1 Å². The molecular weight excluding hydrogens is 298 g/mol. The fourth-order valence-electron chi connectivity index (χ4n) is 1.69. The number of rotatable bonds is 3. The fourth-order valence-corrected chi connectivity index (χ4v) is 2.16. The molecule has 0 bridgehead atoms. The maximum absolute atomic E-state index is 11.9. The van der Waals surface area contributed by atoms with E-state index in [1.807, 2.05) is 24.6 Å². The van der Waals surface area contributed by atoms with Gasteiger partial charge in [0.2, 0.25) is 0 Å². The van der Waals surface area contributed by atoms with Crippen LogP contribution in [0.15, 0.2) is 21.5 Å². The number of nitrogens with one attached hydrogen (secondary N) is 1. The molecule has 0 aliphatic rings. The van der Waals surface area contributed by atoms with E-state index in [0.717, 1.165) is 12.2 Å². The van der Waals surface area contributed by atoms with Gasteiger partial charge in [0, 0.05) is 31.4 Å². The van der Waals surface area contributed by atoms with Gasteiger partial charge in [-0.3, -0.25) is 9.48 Å². The molecule has 0 saturated heterocycles. The van der Waals surface area contributed by atoms with Crippen molar-refractivity contribution in [1.29, 1.82) is 0 Å². The van der Waals surface area contributed by atoms with Crippen LogP contribution in [0.1, 0.15) is 12.6 Å². The largest absolute Gasteiger partial charge is 0.334 e. The topological polar surface area (TPSA) is 64.7 Å². The van der Waals surface area contributed by atoms with Gasteiger partial charge in [0.05, 0.1) is 0 Å². The van der Waals surface area contributed by atoms with E-state index in [4.69, 9.17) is 0 Å². The van der Waals surface area contributed by atoms with E-state index < -0.39 is 0 Å². The second-order valence-corrected chi connectivity index (χ2v) is 4.73. The van der Waals surface area contributed by atoms with Crippen LogP contribution in [-0.4, -0.2) is 19.6 Å². The standard InChI is InChI=1S/C11H14BrN5O/c1-4-17-7(2)5-10(15-17)13-8-6-9(12)14-16(3)11(8)18/h5-6H,4H2,1-3H3,(H,13,15). The lowest BCUT2D eigenvalue weighted by Gasteiger charge is -2.04. The summed E-state index contributed by atoms with van der Waals surface area (Å²) in [5.41, 5.74) is 1.30. The van der Waals surface area contributed by atoms with Crippen LogP contribution in [0.25, 0.3) is 0 Å². The fraction of sp³-hybridized carbons (Fsp3) is 0.364. The van der Waals surface area contributed by atoms with Gasteiger partial charge < -0.3 is 5.32 Å². The number of anilines is 2. The van der Waals surface area contributed by atoms with Crippen molar-refractivity contribution in [3.8, 4) is 0 Å². The van der Waals surface area contributed by atoms with Crippen molar-refractivity contribution in [2.24, 2.45) is 7.05 Å². The lowest BCUT2D eigenvalue weighted by Crippen LogP contribution is -2.22. The van der Waals surface area contributed by atoms with Gasteiger partial charge >= 0.3 is 0 Å². The van der Waals surface area contributed by atoms with E-state index in [1.54, 1.807) is 13.1 Å². The first-order chi connectivity index (χ1) is 8.51. The molecule has 0 unspecified atom stereocenters. The van der Waals surface area contributed by atoms with Gasteiger partial charge in [-0.1, -0.05) is 0 Å². The summed E-state index contributed by atoms with van der Waals surface area (Å²) < 4.78 is 3.73. The Morgan fingerprint density at radius 3 is 2.72 bits per heavy atom. The van der Waals surface area contributed by atoms with E-state index >= 15 is 0 Å². The molecule has 0 atom stereocenters. The third-order valence-corrected chi connectivity index (χ3v) is 2.96. The summed E-state index contributed by atoms with van der Waals surface area (Å²) in [6, 6.07) is 3.54. The Labute approximate surface area is 113 Å². The second kappa shape index (κ2) is 4.93. The maximum Gasteiger partial charge on any atom is 0.290 e. The third-order valence-electron chi connectivity index (χ3n) is 2.58. The molecule has 2 heterocycles. The van der Waals surface area contributed by atoms with Crippen LogP contribution < -0.4 is 10.9 Å². The van der Waals surface area contributed by atoms with Crippen LogP contribution in [0.5, 0.6) is 0 Å². The van der Waals surface area contributed by atoms with Crippen molar-refractivity contribution in [3.63, 3.8) is 0 Å². The van der Waals surface area contributed by atoms with Gasteiger partial charge in [0.1, 0.15) is 10.3 Å². The molecule has 0 aromatic carbocycles. The number of halogens is 1. The minimum atomic E-state index is -0.193. The molecule has 18 heavy (non-hydrogen) atoms. The van der Waals surface area contributed by atoms with Crippen molar-refractivity contribution in [3.05, 3.63) is 32.8 Å². The summed E-state index contributed by atoms with van der Waals surface area (Å²) >= 11 is 3.26. The SMILES string of the molecule is CCn1nc(Nc2cc(Br)nn(C)c2=O)cc1C. The van der Waals surface area contributed by atoms with E-state index in [-0.39, 0.29) is 5.56 Å². The Morgan fingerprint density at radius 1 is 1.39 bits per heavy atom. The first-order valence-electron chi connectivity index (χ1n) is 5.56. The highest BCUT2D eigenvalue weighted by Crippen LogP contribution is 2.15. The quantitative estimate of drug-likeness (QED) is 0.939. The number of aryl methyl sites for hydroxylation is 3. The van der Waals surface area contributed by atoms with Gasteiger partial charge in [-0.2, -0.15) is 10.2 Å². The maximum atomic E-state index is 11.9. The molecule has 0 radical (unpaired) electrons. The third kappa shape index (κ3) is 2.45. The van der Waals surface area contributed by atoms with Gasteiger partial charge in [-0.25, -0.2) is 4.68 Å². The van der Waals surface area contributed by atoms with Crippen molar-refractivity contribution >= 4 is 27.4 Å². The van der Waals surface area contributed by atoms with Gasteiger partial charge in [-0.15, -0.1) is 0 Å².